The van der Waals surface area contributed by atoms with E-state index in [1.807, 2.05) is 18.4 Å². The van der Waals surface area contributed by atoms with Crippen molar-refractivity contribution in [3.8, 4) is 0 Å². The Balaban J connectivity index is 2.15. The largest absolute Gasteiger partial charge is 0.304 e. The monoisotopic (exact) mass is 310 g/mol. The van der Waals surface area contributed by atoms with Gasteiger partial charge in [-0.25, -0.2) is 13.6 Å². The Labute approximate surface area is 123 Å². The number of nitrogens with two attached hydrogens (primary N) is 1. The fraction of sp³-hybridized carbons (Fsp3) is 0.286. The van der Waals surface area contributed by atoms with Crippen LogP contribution < -0.4 is 10.5 Å². The summed E-state index contributed by atoms with van der Waals surface area (Å²) < 4.78 is 22.8. The van der Waals surface area contributed by atoms with E-state index in [4.69, 9.17) is 5.14 Å². The zero-order chi connectivity index (χ0) is 14.8. The maximum Gasteiger partial charge on any atom is 0.238 e. The molecule has 0 aliphatic rings. The molecule has 4 nitrogen and oxygen atoms in total. The molecular weight excluding hydrogens is 292 g/mol. The molecule has 108 valence electrons. The minimum Gasteiger partial charge on any atom is -0.304 e. The molecule has 0 saturated carbocycles. The van der Waals surface area contributed by atoms with Crippen LogP contribution in [0, 0.1) is 0 Å². The van der Waals surface area contributed by atoms with Crippen molar-refractivity contribution >= 4 is 21.4 Å². The van der Waals surface area contributed by atoms with Crippen LogP contribution in [0.5, 0.6) is 0 Å². The van der Waals surface area contributed by atoms with Crippen molar-refractivity contribution in [2.24, 2.45) is 5.14 Å². The van der Waals surface area contributed by atoms with Crippen molar-refractivity contribution in [2.45, 2.75) is 30.8 Å². The summed E-state index contributed by atoms with van der Waals surface area (Å²) in [7, 11) is -3.66. The fourth-order valence-corrected chi connectivity index (χ4v) is 3.37. The van der Waals surface area contributed by atoms with E-state index in [-0.39, 0.29) is 17.0 Å². The molecule has 6 heteroatoms. The minimum atomic E-state index is -3.66. The predicted molar refractivity (Wildman–Crippen MR) is 82.1 cm³/mol. The van der Waals surface area contributed by atoms with Crippen molar-refractivity contribution in [3.05, 3.63) is 52.2 Å². The average Bonchev–Trinajstić information content (AvgIpc) is 2.91. The molecule has 0 spiro atoms. The molecule has 2 rings (SSSR count). The van der Waals surface area contributed by atoms with E-state index in [0.717, 1.165) is 5.56 Å². The Kier molecular flexibility index (Phi) is 4.59. The lowest BCUT2D eigenvalue weighted by molar-refractivity contribution is 0.495. The topological polar surface area (TPSA) is 72.2 Å². The molecule has 1 aromatic heterocycles. The predicted octanol–water partition coefficient (Wildman–Crippen LogP) is 2.81. The first-order chi connectivity index (χ1) is 9.38. The molecule has 0 radical (unpaired) electrons. The normalized spacial score (nSPS) is 14.9. The Bertz CT molecular complexity index is 666. The SMILES string of the molecule is CC(NC(C)c1cccc(S(N)(=O)=O)c1)c1ccsc1. The summed E-state index contributed by atoms with van der Waals surface area (Å²) in [6, 6.07) is 9.05. The molecule has 3 N–H and O–H groups in total. The lowest BCUT2D eigenvalue weighted by Crippen LogP contribution is -2.22. The van der Waals surface area contributed by atoms with Crippen LogP contribution in [-0.2, 0) is 10.0 Å². The Morgan fingerprint density at radius 2 is 1.85 bits per heavy atom. The molecular formula is C14H18N2O2S2. The number of sulfonamides is 1. The average molecular weight is 310 g/mol. The highest BCUT2D eigenvalue weighted by Gasteiger charge is 2.14. The van der Waals surface area contributed by atoms with Crippen molar-refractivity contribution in [3.63, 3.8) is 0 Å². The lowest BCUT2D eigenvalue weighted by Gasteiger charge is -2.20. The summed E-state index contributed by atoms with van der Waals surface area (Å²) in [6.45, 7) is 4.09. The number of benzene rings is 1. The van der Waals surface area contributed by atoms with E-state index >= 15 is 0 Å². The van der Waals surface area contributed by atoms with E-state index < -0.39 is 10.0 Å². The van der Waals surface area contributed by atoms with Gasteiger partial charge in [-0.3, -0.25) is 0 Å². The summed E-state index contributed by atoms with van der Waals surface area (Å²) in [5, 5.41) is 12.7. The van der Waals surface area contributed by atoms with Crippen LogP contribution in [-0.4, -0.2) is 8.42 Å². The minimum absolute atomic E-state index is 0.0339. The maximum atomic E-state index is 11.4. The highest BCUT2D eigenvalue weighted by atomic mass is 32.2. The molecule has 0 bridgehead atoms. The third-order valence-corrected chi connectivity index (χ3v) is 4.84. The van der Waals surface area contributed by atoms with Gasteiger partial charge in [-0.1, -0.05) is 12.1 Å². The summed E-state index contributed by atoms with van der Waals surface area (Å²) in [6.07, 6.45) is 0. The van der Waals surface area contributed by atoms with Crippen LogP contribution in [0.3, 0.4) is 0 Å². The van der Waals surface area contributed by atoms with Gasteiger partial charge in [0.05, 0.1) is 4.90 Å². The van der Waals surface area contributed by atoms with E-state index in [2.05, 4.69) is 23.7 Å². The first-order valence-electron chi connectivity index (χ1n) is 6.29. The molecule has 0 aliphatic carbocycles. The Hall–Kier alpha value is -1.21. The molecule has 2 unspecified atom stereocenters. The molecule has 0 fully saturated rings. The molecule has 1 aromatic carbocycles. The summed E-state index contributed by atoms with van der Waals surface area (Å²) in [4.78, 5) is 0.145. The zero-order valence-corrected chi connectivity index (χ0v) is 13.0. The van der Waals surface area contributed by atoms with E-state index in [1.54, 1.807) is 23.5 Å². The molecule has 0 saturated heterocycles. The van der Waals surface area contributed by atoms with Crippen LogP contribution in [0.2, 0.25) is 0 Å². The number of hydrogen-bond donors (Lipinski definition) is 2. The van der Waals surface area contributed by atoms with Gasteiger partial charge >= 0.3 is 0 Å². The van der Waals surface area contributed by atoms with Crippen molar-refractivity contribution in [1.82, 2.24) is 5.32 Å². The standard InChI is InChI=1S/C14H18N2O2S2/c1-10(16-11(2)13-6-7-19-9-13)12-4-3-5-14(8-12)20(15,17)18/h3-11,16H,1-2H3,(H2,15,17,18). The third-order valence-electron chi connectivity index (χ3n) is 3.23. The maximum absolute atomic E-state index is 11.4. The number of thiophene rings is 1. The van der Waals surface area contributed by atoms with Crippen molar-refractivity contribution in [2.75, 3.05) is 0 Å². The van der Waals surface area contributed by atoms with Crippen molar-refractivity contribution < 1.29 is 8.42 Å². The summed E-state index contributed by atoms with van der Waals surface area (Å²) in [5.74, 6) is 0. The van der Waals surface area contributed by atoms with Gasteiger partial charge in [0, 0.05) is 12.1 Å². The zero-order valence-electron chi connectivity index (χ0n) is 11.4. The second-order valence-electron chi connectivity index (χ2n) is 4.78. The van der Waals surface area contributed by atoms with Crippen LogP contribution in [0.4, 0.5) is 0 Å². The summed E-state index contributed by atoms with van der Waals surface area (Å²) >= 11 is 1.66. The Morgan fingerprint density at radius 1 is 1.15 bits per heavy atom. The third kappa shape index (κ3) is 3.67. The molecule has 20 heavy (non-hydrogen) atoms. The van der Waals surface area contributed by atoms with Gasteiger partial charge in [-0.05, 0) is 53.9 Å². The quantitative estimate of drug-likeness (QED) is 0.892. The lowest BCUT2D eigenvalue weighted by atomic mass is 10.1. The molecule has 0 amide bonds. The van der Waals surface area contributed by atoms with E-state index in [0.29, 0.717) is 0 Å². The first-order valence-corrected chi connectivity index (χ1v) is 8.78. The van der Waals surface area contributed by atoms with Gasteiger partial charge < -0.3 is 5.32 Å². The second kappa shape index (κ2) is 6.05. The van der Waals surface area contributed by atoms with E-state index in [1.165, 1.54) is 11.6 Å². The number of rotatable bonds is 5. The highest BCUT2D eigenvalue weighted by Crippen LogP contribution is 2.22. The summed E-state index contributed by atoms with van der Waals surface area (Å²) in [5.41, 5.74) is 2.13. The smallest absolute Gasteiger partial charge is 0.238 e. The fourth-order valence-electron chi connectivity index (χ4n) is 2.05. The van der Waals surface area contributed by atoms with Crippen LogP contribution in [0.25, 0.3) is 0 Å². The van der Waals surface area contributed by atoms with Gasteiger partial charge in [0.1, 0.15) is 0 Å². The molecule has 0 aliphatic heterocycles. The van der Waals surface area contributed by atoms with Crippen LogP contribution in [0.15, 0.2) is 46.0 Å². The second-order valence-corrected chi connectivity index (χ2v) is 7.13. The van der Waals surface area contributed by atoms with Gasteiger partial charge in [-0.2, -0.15) is 11.3 Å². The van der Waals surface area contributed by atoms with Gasteiger partial charge in [0.15, 0.2) is 0 Å². The van der Waals surface area contributed by atoms with Crippen LogP contribution >= 0.6 is 11.3 Å². The number of hydrogen-bond acceptors (Lipinski definition) is 4. The molecule has 2 aromatic rings. The molecule has 1 heterocycles. The van der Waals surface area contributed by atoms with Gasteiger partial charge in [-0.15, -0.1) is 0 Å². The number of primary sulfonamides is 1. The van der Waals surface area contributed by atoms with E-state index in [9.17, 15) is 8.42 Å². The van der Waals surface area contributed by atoms with Crippen LogP contribution in [0.1, 0.15) is 37.1 Å². The molecule has 2 atom stereocenters. The van der Waals surface area contributed by atoms with Gasteiger partial charge in [0.2, 0.25) is 10.0 Å². The highest BCUT2D eigenvalue weighted by molar-refractivity contribution is 7.89. The first kappa shape index (κ1) is 15.2. The van der Waals surface area contributed by atoms with Gasteiger partial charge in [0.25, 0.3) is 0 Å². The number of nitrogens with one attached hydrogen (secondary N) is 1. The Morgan fingerprint density at radius 3 is 2.45 bits per heavy atom. The van der Waals surface area contributed by atoms with Crippen molar-refractivity contribution in [1.29, 1.82) is 0 Å².